The Morgan fingerprint density at radius 3 is 2.44 bits per heavy atom. The van der Waals surface area contributed by atoms with Crippen molar-refractivity contribution in [2.75, 3.05) is 31.1 Å². The number of likely N-dealkylation sites (N-methyl/N-ethyl adjacent to an activating group) is 1. The Morgan fingerprint density at radius 2 is 1.93 bits per heavy atom. The van der Waals surface area contributed by atoms with E-state index >= 15 is 0 Å². The van der Waals surface area contributed by atoms with E-state index in [0.717, 1.165) is 25.9 Å². The summed E-state index contributed by atoms with van der Waals surface area (Å²) >= 11 is 5.76. The van der Waals surface area contributed by atoms with Gasteiger partial charge in [-0.05, 0) is 25.9 Å². The van der Waals surface area contributed by atoms with E-state index in [9.17, 15) is 18.0 Å². The molecule has 13 heteroatoms. The van der Waals surface area contributed by atoms with Gasteiger partial charge in [0.15, 0.2) is 22.5 Å². The van der Waals surface area contributed by atoms with Crippen LogP contribution in [0.25, 0.3) is 0 Å². The number of aliphatic carboxylic acids is 1. The number of carboxylic acid groups (broad SMARTS) is 1. The van der Waals surface area contributed by atoms with E-state index in [0.29, 0.717) is 12.6 Å². The van der Waals surface area contributed by atoms with E-state index in [1.807, 2.05) is 0 Å². The normalized spacial score (nSPS) is 17.1. The van der Waals surface area contributed by atoms with E-state index < -0.39 is 12.1 Å². The van der Waals surface area contributed by atoms with Crippen molar-refractivity contribution >= 4 is 35.1 Å². The molecule has 0 spiro atoms. The lowest BCUT2D eigenvalue weighted by molar-refractivity contribution is -0.192. The van der Waals surface area contributed by atoms with Crippen molar-refractivity contribution in [3.63, 3.8) is 0 Å². The van der Waals surface area contributed by atoms with Crippen LogP contribution >= 0.6 is 11.6 Å². The van der Waals surface area contributed by atoms with Crippen LogP contribution in [0, 0.1) is 0 Å². The molecule has 2 rings (SSSR count). The van der Waals surface area contributed by atoms with Gasteiger partial charge in [-0.2, -0.15) is 13.2 Å². The number of hydrogen-bond acceptors (Lipinski definition) is 7. The Kier molecular flexibility index (Phi) is 8.03. The van der Waals surface area contributed by atoms with Crippen LogP contribution in [0.3, 0.4) is 0 Å². The summed E-state index contributed by atoms with van der Waals surface area (Å²) in [7, 11) is 0. The molecule has 0 saturated carbocycles. The molecule has 1 aromatic rings. The molecule has 0 unspecified atom stereocenters. The molecule has 6 N–H and O–H groups in total. The van der Waals surface area contributed by atoms with Crippen LogP contribution in [0.4, 0.5) is 24.8 Å². The summed E-state index contributed by atoms with van der Waals surface area (Å²) in [5, 5.41) is 9.94. The number of amides is 1. The Balaban J connectivity index is 0.000000445. The van der Waals surface area contributed by atoms with Crippen molar-refractivity contribution in [1.29, 1.82) is 0 Å². The molecular formula is C14H20ClF3N6O3. The van der Waals surface area contributed by atoms with Gasteiger partial charge < -0.3 is 21.9 Å². The van der Waals surface area contributed by atoms with Gasteiger partial charge in [-0.3, -0.25) is 9.69 Å². The smallest absolute Gasteiger partial charge is 0.475 e. The van der Waals surface area contributed by atoms with Crippen molar-refractivity contribution in [2.24, 2.45) is 0 Å². The standard InChI is InChI=1S/C12H19ClN6O.C2HF3O2/c1-2-19-5-3-4-7(19)6-16-12(20)8-10(14)18-11(15)9(13)17-8;3-2(4,5)1(6)7/h7H,2-6H2,1H3,(H,16,20)(H4,14,15,18);(H,6,7)/t7-;/m1./s1. The summed E-state index contributed by atoms with van der Waals surface area (Å²) in [5.74, 6) is -3.12. The van der Waals surface area contributed by atoms with Crippen LogP contribution in [0.15, 0.2) is 0 Å². The highest BCUT2D eigenvalue weighted by Gasteiger charge is 2.38. The van der Waals surface area contributed by atoms with Gasteiger partial charge in [-0.1, -0.05) is 18.5 Å². The predicted octanol–water partition coefficient (Wildman–Crippen LogP) is 1.14. The molecule has 9 nitrogen and oxygen atoms in total. The van der Waals surface area contributed by atoms with Crippen LogP contribution in [0.5, 0.6) is 0 Å². The summed E-state index contributed by atoms with van der Waals surface area (Å²) in [6.07, 6.45) is -2.85. The first-order chi connectivity index (χ1) is 12.5. The molecule has 1 amide bonds. The second-order valence-corrected chi connectivity index (χ2v) is 5.93. The molecule has 2 heterocycles. The largest absolute Gasteiger partial charge is 0.490 e. The average Bonchev–Trinajstić information content (AvgIpc) is 3.03. The highest BCUT2D eigenvalue weighted by atomic mass is 35.5. The van der Waals surface area contributed by atoms with Gasteiger partial charge in [0.25, 0.3) is 5.91 Å². The zero-order valence-corrected chi connectivity index (χ0v) is 15.1. The Morgan fingerprint density at radius 1 is 1.33 bits per heavy atom. The van der Waals surface area contributed by atoms with Gasteiger partial charge >= 0.3 is 12.1 Å². The summed E-state index contributed by atoms with van der Waals surface area (Å²) in [6.45, 7) is 4.74. The molecule has 0 bridgehead atoms. The number of aromatic nitrogens is 2. The first kappa shape index (κ1) is 22.7. The summed E-state index contributed by atoms with van der Waals surface area (Å²) in [5.41, 5.74) is 11.1. The number of nitrogens with zero attached hydrogens (tertiary/aromatic N) is 3. The first-order valence-corrected chi connectivity index (χ1v) is 8.26. The van der Waals surface area contributed by atoms with E-state index in [4.69, 9.17) is 33.0 Å². The molecule has 1 aliphatic rings. The number of hydrogen-bond donors (Lipinski definition) is 4. The molecule has 0 radical (unpaired) electrons. The van der Waals surface area contributed by atoms with Crippen LogP contribution < -0.4 is 16.8 Å². The van der Waals surface area contributed by atoms with Gasteiger partial charge in [-0.15, -0.1) is 0 Å². The summed E-state index contributed by atoms with van der Waals surface area (Å²) in [4.78, 5) is 31.0. The van der Waals surface area contributed by atoms with Crippen molar-refractivity contribution in [3.05, 3.63) is 10.8 Å². The fourth-order valence-electron chi connectivity index (χ4n) is 2.45. The number of halogens is 4. The van der Waals surface area contributed by atoms with Crippen LogP contribution in [-0.2, 0) is 4.79 Å². The molecule has 1 saturated heterocycles. The molecule has 1 aromatic heterocycles. The average molecular weight is 413 g/mol. The van der Waals surface area contributed by atoms with Crippen molar-refractivity contribution < 1.29 is 27.9 Å². The third kappa shape index (κ3) is 6.71. The van der Waals surface area contributed by atoms with Gasteiger partial charge in [-0.25, -0.2) is 14.8 Å². The number of carboxylic acids is 1. The monoisotopic (exact) mass is 412 g/mol. The zero-order chi connectivity index (χ0) is 20.8. The fourth-order valence-corrected chi connectivity index (χ4v) is 2.57. The number of nitrogen functional groups attached to an aromatic ring is 2. The molecule has 1 fully saturated rings. The SMILES string of the molecule is CCN1CCC[C@@H]1CNC(=O)c1nc(Cl)c(N)nc1N.O=C(O)C(F)(F)F. The van der Waals surface area contributed by atoms with Crippen LogP contribution in [0.2, 0.25) is 5.15 Å². The Hall–Kier alpha value is -2.34. The third-order valence-corrected chi connectivity index (χ3v) is 4.04. The maximum atomic E-state index is 12.1. The maximum absolute atomic E-state index is 12.1. The molecular weight excluding hydrogens is 393 g/mol. The number of rotatable bonds is 4. The highest BCUT2D eigenvalue weighted by Crippen LogP contribution is 2.18. The van der Waals surface area contributed by atoms with Crippen molar-refractivity contribution in [2.45, 2.75) is 32.0 Å². The van der Waals surface area contributed by atoms with Crippen LogP contribution in [0.1, 0.15) is 30.3 Å². The number of alkyl halides is 3. The topological polar surface area (TPSA) is 147 Å². The lowest BCUT2D eigenvalue weighted by Crippen LogP contribution is -2.40. The number of carbonyl (C=O) groups is 2. The lowest BCUT2D eigenvalue weighted by Gasteiger charge is -2.22. The highest BCUT2D eigenvalue weighted by molar-refractivity contribution is 6.31. The minimum absolute atomic E-state index is 0.0110. The number of nitrogens with two attached hydrogens (primary N) is 2. The van der Waals surface area contributed by atoms with Crippen molar-refractivity contribution in [3.8, 4) is 0 Å². The van der Waals surface area contributed by atoms with E-state index in [-0.39, 0.29) is 28.4 Å². The van der Waals surface area contributed by atoms with E-state index in [1.54, 1.807) is 0 Å². The molecule has 27 heavy (non-hydrogen) atoms. The molecule has 1 aliphatic heterocycles. The van der Waals surface area contributed by atoms with E-state index in [2.05, 4.69) is 27.1 Å². The Labute approximate surface area is 157 Å². The van der Waals surface area contributed by atoms with Gasteiger partial charge in [0.1, 0.15) is 0 Å². The molecule has 0 aromatic carbocycles. The van der Waals surface area contributed by atoms with Gasteiger partial charge in [0.2, 0.25) is 0 Å². The third-order valence-electron chi connectivity index (χ3n) is 3.77. The number of likely N-dealkylation sites (tertiary alicyclic amines) is 1. The number of carbonyl (C=O) groups excluding carboxylic acids is 1. The minimum Gasteiger partial charge on any atom is -0.475 e. The second-order valence-electron chi connectivity index (χ2n) is 5.57. The van der Waals surface area contributed by atoms with Crippen LogP contribution in [-0.4, -0.2) is 63.7 Å². The Bertz CT molecular complexity index is 689. The fraction of sp³-hybridized carbons (Fsp3) is 0.571. The number of nitrogens with one attached hydrogen (secondary N) is 1. The van der Waals surface area contributed by atoms with E-state index in [1.165, 1.54) is 0 Å². The molecule has 152 valence electrons. The lowest BCUT2D eigenvalue weighted by atomic mass is 10.2. The quantitative estimate of drug-likeness (QED) is 0.575. The molecule has 0 aliphatic carbocycles. The predicted molar refractivity (Wildman–Crippen MR) is 92.2 cm³/mol. The summed E-state index contributed by atoms with van der Waals surface area (Å²) < 4.78 is 31.7. The second kappa shape index (κ2) is 9.55. The summed E-state index contributed by atoms with van der Waals surface area (Å²) in [6, 6.07) is 0.363. The minimum atomic E-state index is -5.08. The van der Waals surface area contributed by atoms with Crippen molar-refractivity contribution in [1.82, 2.24) is 20.2 Å². The van der Waals surface area contributed by atoms with Gasteiger partial charge in [0.05, 0.1) is 0 Å². The van der Waals surface area contributed by atoms with Gasteiger partial charge in [0, 0.05) is 12.6 Å². The molecule has 1 atom stereocenters. The first-order valence-electron chi connectivity index (χ1n) is 7.88. The number of anilines is 2. The zero-order valence-electron chi connectivity index (χ0n) is 14.4. The maximum Gasteiger partial charge on any atom is 0.490 e.